The Labute approximate surface area is 106 Å². The zero-order valence-corrected chi connectivity index (χ0v) is 9.51. The minimum absolute atomic E-state index is 0.353. The first-order valence-electron chi connectivity index (χ1n) is 5.39. The van der Waals surface area contributed by atoms with Crippen LogP contribution in [0.4, 0.5) is 8.78 Å². The van der Waals surface area contributed by atoms with Gasteiger partial charge in [0, 0.05) is 11.1 Å². The minimum atomic E-state index is -0.930. The molecule has 5 nitrogen and oxygen atoms in total. The fraction of sp³-hybridized carbons (Fsp3) is 0. The molecular weight excluding hydrogens is 252 g/mol. The Kier molecular flexibility index (Phi) is 2.71. The second kappa shape index (κ2) is 4.52. The lowest BCUT2D eigenvalue weighted by Crippen LogP contribution is -1.87. The van der Waals surface area contributed by atoms with E-state index in [1.165, 1.54) is 18.5 Å². The third-order valence-electron chi connectivity index (χ3n) is 2.52. The molecule has 0 unspecified atom stereocenters. The molecule has 7 heteroatoms. The van der Waals surface area contributed by atoms with Gasteiger partial charge in [-0.2, -0.15) is 15.3 Å². The van der Waals surface area contributed by atoms with E-state index in [0.29, 0.717) is 22.8 Å². The Morgan fingerprint density at radius 3 is 2.58 bits per heavy atom. The molecule has 2 heterocycles. The summed E-state index contributed by atoms with van der Waals surface area (Å²) in [5.41, 5.74) is 1.10. The maximum Gasteiger partial charge on any atom is 0.183 e. The van der Waals surface area contributed by atoms with Crippen LogP contribution in [-0.4, -0.2) is 25.4 Å². The fourth-order valence-electron chi connectivity index (χ4n) is 1.59. The zero-order valence-electron chi connectivity index (χ0n) is 9.51. The highest BCUT2D eigenvalue weighted by Gasteiger charge is 2.10. The summed E-state index contributed by atoms with van der Waals surface area (Å²) < 4.78 is 26.0. The molecule has 3 aromatic rings. The molecule has 19 heavy (non-hydrogen) atoms. The predicted octanol–water partition coefficient (Wildman–Crippen LogP) is 2.21. The maximum absolute atomic E-state index is 13.1. The molecule has 1 N–H and O–H groups in total. The van der Waals surface area contributed by atoms with Crippen molar-refractivity contribution in [1.82, 2.24) is 25.4 Å². The van der Waals surface area contributed by atoms with E-state index >= 15 is 0 Å². The van der Waals surface area contributed by atoms with Crippen LogP contribution in [-0.2, 0) is 0 Å². The van der Waals surface area contributed by atoms with Crippen molar-refractivity contribution in [2.45, 2.75) is 0 Å². The third kappa shape index (κ3) is 2.17. The largest absolute Gasteiger partial charge is 0.259 e. The molecule has 0 saturated carbocycles. The molecule has 0 aliphatic carbocycles. The normalized spacial score (nSPS) is 10.6. The van der Waals surface area contributed by atoms with Crippen LogP contribution >= 0.6 is 0 Å². The number of H-pyrrole nitrogens is 1. The van der Waals surface area contributed by atoms with Crippen LogP contribution in [0, 0.1) is 11.6 Å². The van der Waals surface area contributed by atoms with Gasteiger partial charge in [-0.05, 0) is 24.3 Å². The lowest BCUT2D eigenvalue weighted by Gasteiger charge is -1.96. The highest BCUT2D eigenvalue weighted by Crippen LogP contribution is 2.20. The number of rotatable bonds is 2. The van der Waals surface area contributed by atoms with Gasteiger partial charge in [0.05, 0.1) is 12.4 Å². The Morgan fingerprint density at radius 2 is 1.84 bits per heavy atom. The quantitative estimate of drug-likeness (QED) is 0.766. The highest BCUT2D eigenvalue weighted by molar-refractivity contribution is 5.60. The van der Waals surface area contributed by atoms with Crippen LogP contribution in [0.25, 0.3) is 22.8 Å². The molecule has 0 atom stereocenters. The SMILES string of the molecule is Fc1ccc(-c2nc(-c3ccnnc3)n[nH]2)cc1F. The van der Waals surface area contributed by atoms with E-state index in [0.717, 1.165) is 12.1 Å². The summed E-state index contributed by atoms with van der Waals surface area (Å²) in [6.07, 6.45) is 3.03. The Hall–Kier alpha value is -2.70. The molecule has 0 bridgehead atoms. The first-order valence-corrected chi connectivity index (χ1v) is 5.39. The average molecular weight is 259 g/mol. The highest BCUT2D eigenvalue weighted by atomic mass is 19.2. The molecule has 0 fully saturated rings. The molecule has 1 aromatic carbocycles. The maximum atomic E-state index is 13.1. The second-order valence-corrected chi connectivity index (χ2v) is 3.77. The molecule has 0 amide bonds. The van der Waals surface area contributed by atoms with Gasteiger partial charge in [0.15, 0.2) is 23.3 Å². The summed E-state index contributed by atoms with van der Waals surface area (Å²) in [6, 6.07) is 5.23. The van der Waals surface area contributed by atoms with E-state index in [9.17, 15) is 8.78 Å². The molecule has 0 aliphatic heterocycles. The van der Waals surface area contributed by atoms with Crippen LogP contribution in [0.2, 0.25) is 0 Å². The van der Waals surface area contributed by atoms with Crippen molar-refractivity contribution in [2.75, 3.05) is 0 Å². The van der Waals surface area contributed by atoms with Crippen LogP contribution in [0.5, 0.6) is 0 Å². The number of hydrogen-bond donors (Lipinski definition) is 1. The Morgan fingerprint density at radius 1 is 0.947 bits per heavy atom. The number of benzene rings is 1. The number of aromatic amines is 1. The van der Waals surface area contributed by atoms with Crippen molar-refractivity contribution < 1.29 is 8.78 Å². The van der Waals surface area contributed by atoms with Crippen LogP contribution in [0.15, 0.2) is 36.7 Å². The Bertz CT molecular complexity index is 711. The van der Waals surface area contributed by atoms with Gasteiger partial charge in [-0.25, -0.2) is 13.8 Å². The van der Waals surface area contributed by atoms with Crippen LogP contribution in [0.1, 0.15) is 0 Å². The van der Waals surface area contributed by atoms with Gasteiger partial charge < -0.3 is 0 Å². The monoisotopic (exact) mass is 259 g/mol. The number of nitrogens with one attached hydrogen (secondary N) is 1. The van der Waals surface area contributed by atoms with Gasteiger partial charge in [0.25, 0.3) is 0 Å². The standard InChI is InChI=1S/C12H7F2N5/c13-9-2-1-7(5-10(9)14)11-17-12(19-18-11)8-3-4-15-16-6-8/h1-6H,(H,17,18,19). The molecule has 2 aromatic heterocycles. The van der Waals surface area contributed by atoms with Gasteiger partial charge in [-0.3, -0.25) is 5.10 Å². The summed E-state index contributed by atoms with van der Waals surface area (Å²) in [6.45, 7) is 0. The van der Waals surface area contributed by atoms with E-state index in [1.54, 1.807) is 6.07 Å². The first kappa shape index (κ1) is 11.4. The summed E-state index contributed by atoms with van der Waals surface area (Å²) in [7, 11) is 0. The predicted molar refractivity (Wildman–Crippen MR) is 62.8 cm³/mol. The van der Waals surface area contributed by atoms with Gasteiger partial charge in [0.1, 0.15) is 0 Å². The molecule has 0 radical (unpaired) electrons. The smallest absolute Gasteiger partial charge is 0.183 e. The fourth-order valence-corrected chi connectivity index (χ4v) is 1.59. The lowest BCUT2D eigenvalue weighted by molar-refractivity contribution is 0.509. The summed E-state index contributed by atoms with van der Waals surface area (Å²) in [5.74, 6) is -1.07. The van der Waals surface area contributed by atoms with Crippen molar-refractivity contribution >= 4 is 0 Å². The molecule has 3 rings (SSSR count). The number of nitrogens with zero attached hydrogens (tertiary/aromatic N) is 4. The third-order valence-corrected chi connectivity index (χ3v) is 2.52. The van der Waals surface area contributed by atoms with E-state index in [4.69, 9.17) is 0 Å². The molecule has 0 spiro atoms. The first-order chi connectivity index (χ1) is 9.24. The van der Waals surface area contributed by atoms with Gasteiger partial charge in [-0.1, -0.05) is 0 Å². The van der Waals surface area contributed by atoms with Gasteiger partial charge >= 0.3 is 0 Å². The Balaban J connectivity index is 1.99. The van der Waals surface area contributed by atoms with Gasteiger partial charge in [0.2, 0.25) is 0 Å². The van der Waals surface area contributed by atoms with E-state index < -0.39 is 11.6 Å². The molecule has 0 saturated heterocycles. The van der Waals surface area contributed by atoms with Crippen molar-refractivity contribution in [3.63, 3.8) is 0 Å². The minimum Gasteiger partial charge on any atom is -0.259 e. The number of halogens is 2. The lowest BCUT2D eigenvalue weighted by atomic mass is 10.2. The van der Waals surface area contributed by atoms with E-state index in [2.05, 4.69) is 25.4 Å². The van der Waals surface area contributed by atoms with Crippen molar-refractivity contribution in [3.05, 3.63) is 48.3 Å². The van der Waals surface area contributed by atoms with Crippen LogP contribution < -0.4 is 0 Å². The van der Waals surface area contributed by atoms with Crippen LogP contribution in [0.3, 0.4) is 0 Å². The van der Waals surface area contributed by atoms with Crippen molar-refractivity contribution in [2.24, 2.45) is 0 Å². The molecular formula is C12H7F2N5. The number of hydrogen-bond acceptors (Lipinski definition) is 4. The topological polar surface area (TPSA) is 67.3 Å². The van der Waals surface area contributed by atoms with E-state index in [1.807, 2.05) is 0 Å². The molecule has 94 valence electrons. The second-order valence-electron chi connectivity index (χ2n) is 3.77. The average Bonchev–Trinajstić information content (AvgIpc) is 2.93. The van der Waals surface area contributed by atoms with Gasteiger partial charge in [-0.15, -0.1) is 0 Å². The summed E-state index contributed by atoms with van der Waals surface area (Å²) in [4.78, 5) is 4.20. The summed E-state index contributed by atoms with van der Waals surface area (Å²) >= 11 is 0. The zero-order chi connectivity index (χ0) is 13.2. The number of aromatic nitrogens is 5. The van der Waals surface area contributed by atoms with E-state index in [-0.39, 0.29) is 0 Å². The molecule has 0 aliphatic rings. The van der Waals surface area contributed by atoms with Crippen molar-refractivity contribution in [3.8, 4) is 22.8 Å². The summed E-state index contributed by atoms with van der Waals surface area (Å²) in [5, 5.41) is 14.0. The van der Waals surface area contributed by atoms with Crippen molar-refractivity contribution in [1.29, 1.82) is 0 Å².